The molecule has 0 aliphatic heterocycles. The van der Waals surface area contributed by atoms with Crippen molar-refractivity contribution < 1.29 is 29.3 Å². The number of aromatic carboxylic acids is 1. The highest BCUT2D eigenvalue weighted by Crippen LogP contribution is 2.35. The van der Waals surface area contributed by atoms with Gasteiger partial charge in [0, 0.05) is 19.0 Å². The third-order valence-corrected chi connectivity index (χ3v) is 8.41. The van der Waals surface area contributed by atoms with Gasteiger partial charge < -0.3 is 19.7 Å². The summed E-state index contributed by atoms with van der Waals surface area (Å²) >= 11 is 0. The van der Waals surface area contributed by atoms with Crippen molar-refractivity contribution in [2.75, 3.05) is 13.1 Å². The molecule has 4 aromatic carbocycles. The summed E-state index contributed by atoms with van der Waals surface area (Å²) in [4.78, 5) is 25.2. The Morgan fingerprint density at radius 1 is 0.778 bits per heavy atom. The van der Waals surface area contributed by atoms with Gasteiger partial charge in [-0.05, 0) is 103 Å². The molecule has 0 spiro atoms. The molecule has 0 aromatic heterocycles. The lowest BCUT2D eigenvalue weighted by atomic mass is 9.85. The number of fused-ring (bicyclic) bond motifs is 1. The molecule has 0 saturated carbocycles. The summed E-state index contributed by atoms with van der Waals surface area (Å²) in [6, 6.07) is 31.9. The number of hydrogen-bond acceptors (Lipinski definition) is 5. The summed E-state index contributed by atoms with van der Waals surface area (Å²) < 4.78 is 12.2. The van der Waals surface area contributed by atoms with Crippen LogP contribution in [-0.4, -0.2) is 40.1 Å². The van der Waals surface area contributed by atoms with Crippen LogP contribution in [0.2, 0.25) is 0 Å². The second-order valence-corrected chi connectivity index (χ2v) is 11.6. The largest absolute Gasteiger partial charge is 0.489 e. The monoisotopic (exact) mass is 607 g/mol. The van der Waals surface area contributed by atoms with Crippen LogP contribution in [0.5, 0.6) is 11.5 Å². The average Bonchev–Trinajstić information content (AvgIpc) is 3.07. The van der Waals surface area contributed by atoms with Crippen LogP contribution in [0.4, 0.5) is 0 Å². The Bertz CT molecular complexity index is 1550. The zero-order valence-electron chi connectivity index (χ0n) is 25.6. The zero-order chi connectivity index (χ0) is 31.4. The van der Waals surface area contributed by atoms with Crippen LogP contribution in [0.1, 0.15) is 76.3 Å². The predicted molar refractivity (Wildman–Crippen MR) is 174 cm³/mol. The minimum absolute atomic E-state index is 0.161. The number of aryl methyl sites for hydroxylation is 1. The second kappa shape index (κ2) is 15.9. The fourth-order valence-corrected chi connectivity index (χ4v) is 6.01. The van der Waals surface area contributed by atoms with Crippen molar-refractivity contribution in [2.24, 2.45) is 0 Å². The number of benzene rings is 4. The van der Waals surface area contributed by atoms with Crippen LogP contribution in [0.15, 0.2) is 97.1 Å². The van der Waals surface area contributed by atoms with E-state index in [4.69, 9.17) is 14.6 Å². The number of aliphatic carboxylic acids is 1. The molecule has 45 heavy (non-hydrogen) atoms. The minimum Gasteiger partial charge on any atom is -0.489 e. The summed E-state index contributed by atoms with van der Waals surface area (Å²) in [7, 11) is 0. The van der Waals surface area contributed by atoms with Crippen molar-refractivity contribution >= 4 is 11.9 Å². The molecule has 0 amide bonds. The standard InChI is InChI=1S/C38H41NO6/c40-37(41)15-6-7-23-39(35-13-8-12-31-25-32(38(42)43)18-21-34(31)35)24-22-30-11-4-5-14-36(30)45-27-29-16-19-33(20-17-29)44-26-28-9-2-1-3-10-28/h1-5,9-11,14,16-21,25,35H,6-8,12-13,15,22-24,26-27H2,(H,40,41)(H,42,43). The average molecular weight is 608 g/mol. The van der Waals surface area contributed by atoms with E-state index >= 15 is 0 Å². The molecule has 0 fully saturated rings. The molecule has 7 heteroatoms. The number of carboxylic acids is 2. The van der Waals surface area contributed by atoms with Gasteiger partial charge in [-0.2, -0.15) is 0 Å². The Kier molecular flexibility index (Phi) is 11.2. The third kappa shape index (κ3) is 9.19. The molecule has 1 aliphatic rings. The summed E-state index contributed by atoms with van der Waals surface area (Å²) in [6.07, 6.45) is 5.20. The smallest absolute Gasteiger partial charge is 0.335 e. The molecular formula is C38H41NO6. The Morgan fingerprint density at radius 3 is 2.29 bits per heavy atom. The van der Waals surface area contributed by atoms with Gasteiger partial charge >= 0.3 is 11.9 Å². The lowest BCUT2D eigenvalue weighted by molar-refractivity contribution is -0.137. The van der Waals surface area contributed by atoms with E-state index in [0.29, 0.717) is 25.2 Å². The summed E-state index contributed by atoms with van der Waals surface area (Å²) in [5.74, 6) is -0.0154. The van der Waals surface area contributed by atoms with E-state index < -0.39 is 11.9 Å². The van der Waals surface area contributed by atoms with Crippen molar-refractivity contribution in [1.82, 2.24) is 4.90 Å². The first-order chi connectivity index (χ1) is 22.0. The van der Waals surface area contributed by atoms with Crippen LogP contribution in [-0.2, 0) is 30.8 Å². The Morgan fingerprint density at radius 2 is 1.51 bits per heavy atom. The van der Waals surface area contributed by atoms with E-state index in [0.717, 1.165) is 78.9 Å². The lowest BCUT2D eigenvalue weighted by Crippen LogP contribution is -2.34. The second-order valence-electron chi connectivity index (χ2n) is 11.6. The van der Waals surface area contributed by atoms with Gasteiger partial charge in [0.2, 0.25) is 0 Å². The maximum absolute atomic E-state index is 11.6. The van der Waals surface area contributed by atoms with Crippen molar-refractivity contribution in [2.45, 2.75) is 64.2 Å². The highest BCUT2D eigenvalue weighted by Gasteiger charge is 2.26. The van der Waals surface area contributed by atoms with E-state index in [1.807, 2.05) is 84.9 Å². The van der Waals surface area contributed by atoms with Gasteiger partial charge in [-0.3, -0.25) is 9.69 Å². The molecular weight excluding hydrogens is 566 g/mol. The topological polar surface area (TPSA) is 96.3 Å². The number of unbranched alkanes of at least 4 members (excludes halogenated alkanes) is 1. The zero-order valence-corrected chi connectivity index (χ0v) is 25.6. The van der Waals surface area contributed by atoms with E-state index in [1.165, 1.54) is 5.56 Å². The maximum atomic E-state index is 11.6. The number of carbonyl (C=O) groups is 2. The molecule has 7 nitrogen and oxygen atoms in total. The van der Waals surface area contributed by atoms with Crippen LogP contribution in [0, 0.1) is 0 Å². The van der Waals surface area contributed by atoms with Crippen LogP contribution in [0.3, 0.4) is 0 Å². The fourth-order valence-electron chi connectivity index (χ4n) is 6.01. The van der Waals surface area contributed by atoms with E-state index in [-0.39, 0.29) is 12.5 Å². The molecule has 0 bridgehead atoms. The van der Waals surface area contributed by atoms with Gasteiger partial charge in [0.25, 0.3) is 0 Å². The molecule has 0 radical (unpaired) electrons. The van der Waals surface area contributed by atoms with Crippen LogP contribution in [0.25, 0.3) is 0 Å². The first-order valence-corrected chi connectivity index (χ1v) is 15.7. The van der Waals surface area contributed by atoms with Gasteiger partial charge in [0.15, 0.2) is 0 Å². The molecule has 1 unspecified atom stereocenters. The molecule has 5 rings (SSSR count). The number of ether oxygens (including phenoxy) is 2. The number of hydrogen-bond donors (Lipinski definition) is 2. The van der Waals surface area contributed by atoms with Crippen LogP contribution >= 0.6 is 0 Å². The Hall–Kier alpha value is -4.62. The molecule has 2 N–H and O–H groups in total. The highest BCUT2D eigenvalue weighted by molar-refractivity contribution is 5.88. The van der Waals surface area contributed by atoms with Crippen molar-refractivity contribution in [3.8, 4) is 11.5 Å². The van der Waals surface area contributed by atoms with Crippen molar-refractivity contribution in [3.05, 3.63) is 130 Å². The first-order valence-electron chi connectivity index (χ1n) is 15.7. The fraction of sp³-hybridized carbons (Fsp3) is 0.316. The van der Waals surface area contributed by atoms with Gasteiger partial charge in [-0.25, -0.2) is 4.79 Å². The summed E-state index contributed by atoms with van der Waals surface area (Å²) in [5.41, 5.74) is 5.90. The lowest BCUT2D eigenvalue weighted by Gasteiger charge is -2.36. The van der Waals surface area contributed by atoms with E-state index in [9.17, 15) is 14.7 Å². The van der Waals surface area contributed by atoms with Crippen molar-refractivity contribution in [3.63, 3.8) is 0 Å². The van der Waals surface area contributed by atoms with E-state index in [2.05, 4.69) is 11.0 Å². The quantitative estimate of drug-likeness (QED) is 0.126. The number of nitrogens with zero attached hydrogens (tertiary/aromatic N) is 1. The van der Waals surface area contributed by atoms with Crippen LogP contribution < -0.4 is 9.47 Å². The maximum Gasteiger partial charge on any atom is 0.335 e. The minimum atomic E-state index is -0.908. The molecule has 4 aromatic rings. The first kappa shape index (κ1) is 31.8. The molecule has 1 aliphatic carbocycles. The molecule has 0 saturated heterocycles. The normalized spacial score (nSPS) is 14.1. The highest BCUT2D eigenvalue weighted by atomic mass is 16.5. The van der Waals surface area contributed by atoms with Gasteiger partial charge in [0.05, 0.1) is 5.56 Å². The SMILES string of the molecule is O=C(O)CCCCN(CCc1ccccc1OCc1ccc(OCc2ccccc2)cc1)C1CCCc2cc(C(=O)O)ccc21. The van der Waals surface area contributed by atoms with Gasteiger partial charge in [-0.15, -0.1) is 0 Å². The summed E-state index contributed by atoms with van der Waals surface area (Å²) in [5, 5.41) is 18.6. The van der Waals surface area contributed by atoms with Crippen molar-refractivity contribution in [1.29, 1.82) is 0 Å². The third-order valence-electron chi connectivity index (χ3n) is 8.41. The molecule has 1 atom stereocenters. The van der Waals surface area contributed by atoms with Gasteiger partial charge in [-0.1, -0.05) is 66.7 Å². The number of carboxylic acid groups (broad SMARTS) is 2. The Labute approximate surface area is 265 Å². The Balaban J connectivity index is 1.22. The molecule has 234 valence electrons. The summed E-state index contributed by atoms with van der Waals surface area (Å²) in [6.45, 7) is 2.53. The predicted octanol–water partition coefficient (Wildman–Crippen LogP) is 7.72. The number of rotatable bonds is 16. The van der Waals surface area contributed by atoms with E-state index in [1.54, 1.807) is 6.07 Å². The number of para-hydroxylation sites is 1. The van der Waals surface area contributed by atoms with Gasteiger partial charge in [0.1, 0.15) is 24.7 Å². The molecule has 0 heterocycles.